The van der Waals surface area contributed by atoms with Crippen molar-refractivity contribution in [3.8, 4) is 11.6 Å². The van der Waals surface area contributed by atoms with Crippen LogP contribution in [-0.4, -0.2) is 50.5 Å². The van der Waals surface area contributed by atoms with Crippen molar-refractivity contribution in [2.75, 3.05) is 24.5 Å². The number of amides is 1. The average Bonchev–Trinajstić information content (AvgIpc) is 3.13. The van der Waals surface area contributed by atoms with Crippen molar-refractivity contribution in [3.63, 3.8) is 0 Å². The molecule has 1 saturated heterocycles. The summed E-state index contributed by atoms with van der Waals surface area (Å²) in [7, 11) is 0. The summed E-state index contributed by atoms with van der Waals surface area (Å²) in [5, 5.41) is 10.9. The van der Waals surface area contributed by atoms with Crippen LogP contribution >= 0.6 is 0 Å². The monoisotopic (exact) mass is 415 g/mol. The number of halogens is 2. The number of hydrogen-bond donors (Lipinski definition) is 1. The summed E-state index contributed by atoms with van der Waals surface area (Å²) in [5.41, 5.74) is 1.85. The Labute approximate surface area is 170 Å². The molecule has 0 atom stereocenters. The maximum absolute atomic E-state index is 12.8. The average molecular weight is 415 g/mol. The molecule has 1 N–H and O–H groups in total. The molecule has 1 aliphatic rings. The second-order valence-electron chi connectivity index (χ2n) is 6.68. The Kier molecular flexibility index (Phi) is 5.50. The molecule has 0 spiro atoms. The van der Waals surface area contributed by atoms with E-state index in [2.05, 4.69) is 25.6 Å². The SMILES string of the molecule is Cc1nnn(-c2ccc(C(F)F)cc2)c1COc1ccnc(N2CCNC(=O)C2)n1. The van der Waals surface area contributed by atoms with Crippen LogP contribution in [0.3, 0.4) is 0 Å². The molecule has 30 heavy (non-hydrogen) atoms. The molecule has 156 valence electrons. The molecule has 0 aliphatic carbocycles. The first-order valence-corrected chi connectivity index (χ1v) is 9.28. The van der Waals surface area contributed by atoms with Crippen LogP contribution in [0.1, 0.15) is 23.4 Å². The third-order valence-electron chi connectivity index (χ3n) is 4.64. The van der Waals surface area contributed by atoms with Gasteiger partial charge in [-0.25, -0.2) is 18.4 Å². The zero-order valence-electron chi connectivity index (χ0n) is 16.1. The highest BCUT2D eigenvalue weighted by molar-refractivity contribution is 5.81. The molecule has 0 unspecified atom stereocenters. The lowest BCUT2D eigenvalue weighted by atomic mass is 10.2. The van der Waals surface area contributed by atoms with Gasteiger partial charge in [-0.05, 0) is 19.1 Å². The molecule has 4 rings (SSSR count). The molecule has 11 heteroatoms. The number of alkyl halides is 2. The highest BCUT2D eigenvalue weighted by atomic mass is 19.3. The molecule has 1 amide bonds. The number of hydrogen-bond acceptors (Lipinski definition) is 7. The smallest absolute Gasteiger partial charge is 0.263 e. The number of carbonyl (C=O) groups is 1. The van der Waals surface area contributed by atoms with E-state index in [1.165, 1.54) is 12.1 Å². The second kappa shape index (κ2) is 8.39. The first kappa shape index (κ1) is 19.7. The van der Waals surface area contributed by atoms with E-state index in [4.69, 9.17) is 4.74 Å². The molecule has 0 radical (unpaired) electrons. The summed E-state index contributed by atoms with van der Waals surface area (Å²) >= 11 is 0. The maximum atomic E-state index is 12.8. The number of nitrogens with one attached hydrogen (secondary N) is 1. The second-order valence-corrected chi connectivity index (χ2v) is 6.68. The van der Waals surface area contributed by atoms with E-state index in [0.717, 1.165) is 0 Å². The van der Waals surface area contributed by atoms with Gasteiger partial charge in [-0.3, -0.25) is 4.79 Å². The van der Waals surface area contributed by atoms with Gasteiger partial charge in [0.15, 0.2) is 0 Å². The maximum Gasteiger partial charge on any atom is 0.263 e. The van der Waals surface area contributed by atoms with E-state index in [1.54, 1.807) is 40.9 Å². The van der Waals surface area contributed by atoms with Crippen molar-refractivity contribution in [1.29, 1.82) is 0 Å². The molecule has 3 aromatic rings. The van der Waals surface area contributed by atoms with Gasteiger partial charge < -0.3 is 15.0 Å². The molecule has 1 fully saturated rings. The van der Waals surface area contributed by atoms with E-state index in [-0.39, 0.29) is 24.6 Å². The standard InChI is InChI=1S/C19H19F2N7O2/c1-12-15(28(26-25-12)14-4-2-13(3-5-14)18(20)21)11-30-17-6-7-23-19(24-17)27-9-8-22-16(29)10-27/h2-7,18H,8-11H2,1H3,(H,22,29). The Balaban J connectivity index is 1.50. The van der Waals surface area contributed by atoms with Gasteiger partial charge in [-0.1, -0.05) is 17.3 Å². The zero-order valence-corrected chi connectivity index (χ0v) is 16.1. The van der Waals surface area contributed by atoms with Crippen LogP contribution < -0.4 is 15.0 Å². The number of aromatic nitrogens is 5. The van der Waals surface area contributed by atoms with Gasteiger partial charge in [0.2, 0.25) is 17.7 Å². The third-order valence-corrected chi connectivity index (χ3v) is 4.64. The Hall–Kier alpha value is -3.63. The molecule has 0 saturated carbocycles. The third kappa shape index (κ3) is 4.19. The van der Waals surface area contributed by atoms with Gasteiger partial charge in [0.05, 0.1) is 17.9 Å². The van der Waals surface area contributed by atoms with Gasteiger partial charge in [0.25, 0.3) is 6.43 Å². The van der Waals surface area contributed by atoms with Gasteiger partial charge in [-0.15, -0.1) is 5.10 Å². The van der Waals surface area contributed by atoms with Gasteiger partial charge in [0.1, 0.15) is 12.3 Å². The van der Waals surface area contributed by atoms with E-state index in [1.807, 2.05) is 0 Å². The molecule has 2 aromatic heterocycles. The van der Waals surface area contributed by atoms with Crippen LogP contribution in [0.25, 0.3) is 5.69 Å². The first-order valence-electron chi connectivity index (χ1n) is 9.28. The van der Waals surface area contributed by atoms with E-state index in [0.29, 0.717) is 42.0 Å². The van der Waals surface area contributed by atoms with Crippen LogP contribution in [0.2, 0.25) is 0 Å². The number of anilines is 1. The quantitative estimate of drug-likeness (QED) is 0.656. The lowest BCUT2D eigenvalue weighted by Crippen LogP contribution is -2.48. The summed E-state index contributed by atoms with van der Waals surface area (Å²) in [5.74, 6) is 0.666. The highest BCUT2D eigenvalue weighted by Crippen LogP contribution is 2.22. The fourth-order valence-electron chi connectivity index (χ4n) is 3.03. The van der Waals surface area contributed by atoms with Crippen molar-refractivity contribution in [3.05, 3.63) is 53.5 Å². The number of aryl methyl sites for hydroxylation is 1. The van der Waals surface area contributed by atoms with Crippen LogP contribution in [0.4, 0.5) is 14.7 Å². The lowest BCUT2D eigenvalue weighted by molar-refractivity contribution is -0.120. The van der Waals surface area contributed by atoms with Crippen molar-refractivity contribution in [1.82, 2.24) is 30.3 Å². The summed E-state index contributed by atoms with van der Waals surface area (Å²) in [6.45, 7) is 3.23. The zero-order chi connectivity index (χ0) is 21.1. The van der Waals surface area contributed by atoms with Crippen molar-refractivity contribution < 1.29 is 18.3 Å². The normalized spacial score (nSPS) is 14.1. The molecular weight excluding hydrogens is 396 g/mol. The number of rotatable bonds is 6. The van der Waals surface area contributed by atoms with Crippen LogP contribution in [0.5, 0.6) is 5.88 Å². The fraction of sp³-hybridized carbons (Fsp3) is 0.316. The molecular formula is C19H19F2N7O2. The predicted octanol–water partition coefficient (Wildman–Crippen LogP) is 1.82. The van der Waals surface area contributed by atoms with Crippen molar-refractivity contribution in [2.45, 2.75) is 20.0 Å². The lowest BCUT2D eigenvalue weighted by Gasteiger charge is -2.26. The minimum absolute atomic E-state index is 0.0618. The van der Waals surface area contributed by atoms with E-state index in [9.17, 15) is 13.6 Å². The van der Waals surface area contributed by atoms with Gasteiger partial charge in [-0.2, -0.15) is 4.98 Å². The largest absolute Gasteiger partial charge is 0.471 e. The Morgan fingerprint density at radius 1 is 1.23 bits per heavy atom. The van der Waals surface area contributed by atoms with Crippen LogP contribution in [0, 0.1) is 6.92 Å². The highest BCUT2D eigenvalue weighted by Gasteiger charge is 2.19. The minimum Gasteiger partial charge on any atom is -0.471 e. The molecule has 1 aromatic carbocycles. The molecule has 1 aliphatic heterocycles. The van der Waals surface area contributed by atoms with E-state index >= 15 is 0 Å². The number of piperazine rings is 1. The number of carbonyl (C=O) groups excluding carboxylic acids is 1. The number of ether oxygens (including phenoxy) is 1. The molecule has 0 bridgehead atoms. The van der Waals surface area contributed by atoms with Gasteiger partial charge >= 0.3 is 0 Å². The Morgan fingerprint density at radius 2 is 2.03 bits per heavy atom. The predicted molar refractivity (Wildman–Crippen MR) is 103 cm³/mol. The summed E-state index contributed by atoms with van der Waals surface area (Å²) in [4.78, 5) is 21.9. The topological polar surface area (TPSA) is 98.1 Å². The van der Waals surface area contributed by atoms with Gasteiger partial charge in [0, 0.05) is 30.9 Å². The summed E-state index contributed by atoms with van der Waals surface area (Å²) in [6.07, 6.45) is -0.965. The van der Waals surface area contributed by atoms with Crippen LogP contribution in [-0.2, 0) is 11.4 Å². The number of benzene rings is 1. The summed E-state index contributed by atoms with van der Waals surface area (Å²) < 4.78 is 32.9. The fourth-order valence-corrected chi connectivity index (χ4v) is 3.03. The minimum atomic E-state index is -2.53. The summed E-state index contributed by atoms with van der Waals surface area (Å²) in [6, 6.07) is 7.45. The molecule has 3 heterocycles. The van der Waals surface area contributed by atoms with Crippen molar-refractivity contribution in [2.24, 2.45) is 0 Å². The Morgan fingerprint density at radius 3 is 2.77 bits per heavy atom. The van der Waals surface area contributed by atoms with Crippen molar-refractivity contribution >= 4 is 11.9 Å². The Bertz CT molecular complexity index is 1040. The van der Waals surface area contributed by atoms with E-state index < -0.39 is 6.43 Å². The van der Waals surface area contributed by atoms with Crippen LogP contribution in [0.15, 0.2) is 36.5 Å². The first-order chi connectivity index (χ1) is 14.5. The molecule has 9 nitrogen and oxygen atoms in total. The number of nitrogens with zero attached hydrogens (tertiary/aromatic N) is 6.